The molecule has 0 spiro atoms. The van der Waals surface area contributed by atoms with Crippen molar-refractivity contribution in [2.75, 3.05) is 37.3 Å². The SMILES string of the molecule is CCSc1cccc(N(C)CC2CCCN2CC)c1CN. The van der Waals surface area contributed by atoms with Gasteiger partial charge in [0.05, 0.1) is 0 Å². The van der Waals surface area contributed by atoms with Crippen LogP contribution < -0.4 is 10.6 Å². The molecule has 0 aromatic heterocycles. The maximum atomic E-state index is 6.03. The predicted octanol–water partition coefficient (Wildman–Crippen LogP) is 3.18. The summed E-state index contributed by atoms with van der Waals surface area (Å²) >= 11 is 1.89. The second-order valence-electron chi connectivity index (χ2n) is 5.70. The van der Waals surface area contributed by atoms with Crippen molar-refractivity contribution in [3.8, 4) is 0 Å². The first-order valence-electron chi connectivity index (χ1n) is 8.11. The molecule has 0 bridgehead atoms. The Morgan fingerprint density at radius 2 is 2.19 bits per heavy atom. The van der Waals surface area contributed by atoms with E-state index < -0.39 is 0 Å². The second-order valence-corrected chi connectivity index (χ2v) is 7.00. The molecule has 1 fully saturated rings. The van der Waals surface area contributed by atoms with E-state index in [0.717, 1.165) is 18.8 Å². The fourth-order valence-electron chi connectivity index (χ4n) is 3.34. The van der Waals surface area contributed by atoms with E-state index in [1.165, 1.54) is 35.5 Å². The molecule has 0 aliphatic carbocycles. The second kappa shape index (κ2) is 8.06. The highest BCUT2D eigenvalue weighted by Gasteiger charge is 2.24. The average Bonchev–Trinajstić information content (AvgIpc) is 2.94. The Morgan fingerprint density at radius 3 is 2.86 bits per heavy atom. The van der Waals surface area contributed by atoms with Gasteiger partial charge in [0.25, 0.3) is 0 Å². The molecule has 4 heteroatoms. The van der Waals surface area contributed by atoms with Gasteiger partial charge in [0.2, 0.25) is 0 Å². The molecule has 1 aliphatic heterocycles. The molecule has 0 amide bonds. The molecule has 2 N–H and O–H groups in total. The number of benzene rings is 1. The lowest BCUT2D eigenvalue weighted by atomic mass is 10.1. The number of anilines is 1. The van der Waals surface area contributed by atoms with Gasteiger partial charge in [-0.05, 0) is 43.8 Å². The molecule has 2 rings (SSSR count). The van der Waals surface area contributed by atoms with E-state index in [1.54, 1.807) is 0 Å². The third-order valence-electron chi connectivity index (χ3n) is 4.41. The van der Waals surface area contributed by atoms with E-state index in [9.17, 15) is 0 Å². The van der Waals surface area contributed by atoms with Crippen LogP contribution in [-0.4, -0.2) is 43.4 Å². The average molecular weight is 308 g/mol. The smallest absolute Gasteiger partial charge is 0.0421 e. The number of nitrogens with two attached hydrogens (primary N) is 1. The van der Waals surface area contributed by atoms with Gasteiger partial charge in [-0.1, -0.05) is 19.9 Å². The topological polar surface area (TPSA) is 32.5 Å². The molecule has 0 radical (unpaired) electrons. The van der Waals surface area contributed by atoms with Gasteiger partial charge in [-0.3, -0.25) is 4.90 Å². The van der Waals surface area contributed by atoms with Crippen LogP contribution in [0.2, 0.25) is 0 Å². The third-order valence-corrected chi connectivity index (χ3v) is 5.40. The fourth-order valence-corrected chi connectivity index (χ4v) is 4.19. The highest BCUT2D eigenvalue weighted by atomic mass is 32.2. The number of hydrogen-bond acceptors (Lipinski definition) is 4. The summed E-state index contributed by atoms with van der Waals surface area (Å²) in [5.74, 6) is 1.09. The molecule has 0 saturated carbocycles. The van der Waals surface area contributed by atoms with Gasteiger partial charge in [-0.2, -0.15) is 0 Å². The van der Waals surface area contributed by atoms with Crippen molar-refractivity contribution in [1.82, 2.24) is 4.90 Å². The summed E-state index contributed by atoms with van der Waals surface area (Å²) in [5, 5.41) is 0. The van der Waals surface area contributed by atoms with Crippen LogP contribution >= 0.6 is 11.8 Å². The minimum Gasteiger partial charge on any atom is -0.373 e. The molecular formula is C17H29N3S. The van der Waals surface area contributed by atoms with Crippen LogP contribution in [0.1, 0.15) is 32.3 Å². The lowest BCUT2D eigenvalue weighted by Crippen LogP contribution is -2.39. The Kier molecular flexibility index (Phi) is 6.40. The van der Waals surface area contributed by atoms with Gasteiger partial charge in [0.15, 0.2) is 0 Å². The normalized spacial score (nSPS) is 19.1. The minimum atomic E-state index is 0.616. The standard InChI is InChI=1S/C17H29N3S/c1-4-20-11-7-8-14(20)13-19(3)16-9-6-10-17(21-5-2)15(16)12-18/h6,9-10,14H,4-5,7-8,11-13,18H2,1-3H3. The Balaban J connectivity index is 2.14. The highest BCUT2D eigenvalue weighted by molar-refractivity contribution is 7.99. The first-order chi connectivity index (χ1) is 10.2. The molecular weight excluding hydrogens is 278 g/mol. The number of nitrogens with zero attached hydrogens (tertiary/aromatic N) is 2. The summed E-state index contributed by atoms with van der Waals surface area (Å²) < 4.78 is 0. The van der Waals surface area contributed by atoms with Crippen molar-refractivity contribution in [3.63, 3.8) is 0 Å². The van der Waals surface area contributed by atoms with Crippen LogP contribution in [-0.2, 0) is 6.54 Å². The Bertz CT molecular complexity index is 450. The van der Waals surface area contributed by atoms with Crippen LogP contribution in [0.25, 0.3) is 0 Å². The minimum absolute atomic E-state index is 0.616. The van der Waals surface area contributed by atoms with Gasteiger partial charge in [-0.25, -0.2) is 0 Å². The van der Waals surface area contributed by atoms with E-state index in [4.69, 9.17) is 5.73 Å². The largest absolute Gasteiger partial charge is 0.373 e. The van der Waals surface area contributed by atoms with E-state index in [-0.39, 0.29) is 0 Å². The van der Waals surface area contributed by atoms with Crippen molar-refractivity contribution < 1.29 is 0 Å². The molecule has 3 nitrogen and oxygen atoms in total. The first kappa shape index (κ1) is 16.7. The van der Waals surface area contributed by atoms with Crippen molar-refractivity contribution in [1.29, 1.82) is 0 Å². The summed E-state index contributed by atoms with van der Waals surface area (Å²) in [6.45, 7) is 8.59. The van der Waals surface area contributed by atoms with Gasteiger partial charge in [0.1, 0.15) is 0 Å². The molecule has 118 valence electrons. The van der Waals surface area contributed by atoms with Gasteiger partial charge < -0.3 is 10.6 Å². The summed E-state index contributed by atoms with van der Waals surface area (Å²) in [7, 11) is 2.21. The molecule has 1 unspecified atom stereocenters. The third kappa shape index (κ3) is 3.93. The Labute approximate surface area is 133 Å². The number of likely N-dealkylation sites (N-methyl/N-ethyl adjacent to an activating group) is 2. The van der Waals surface area contributed by atoms with Crippen LogP contribution in [0.3, 0.4) is 0 Å². The molecule has 1 aromatic rings. The summed E-state index contributed by atoms with van der Waals surface area (Å²) in [5.41, 5.74) is 8.63. The quantitative estimate of drug-likeness (QED) is 0.784. The van der Waals surface area contributed by atoms with E-state index in [1.807, 2.05) is 11.8 Å². The fraction of sp³-hybridized carbons (Fsp3) is 0.647. The van der Waals surface area contributed by atoms with Gasteiger partial charge in [0, 0.05) is 42.3 Å². The number of thioether (sulfide) groups is 1. The molecule has 1 atom stereocenters. The summed E-state index contributed by atoms with van der Waals surface area (Å²) in [4.78, 5) is 6.34. The lowest BCUT2D eigenvalue weighted by Gasteiger charge is -2.30. The number of hydrogen-bond donors (Lipinski definition) is 1. The summed E-state index contributed by atoms with van der Waals surface area (Å²) in [6, 6.07) is 7.26. The zero-order valence-electron chi connectivity index (χ0n) is 13.6. The van der Waals surface area contributed by atoms with Crippen molar-refractivity contribution in [3.05, 3.63) is 23.8 Å². The monoisotopic (exact) mass is 307 g/mol. The summed E-state index contributed by atoms with van der Waals surface area (Å²) in [6.07, 6.45) is 2.65. The van der Waals surface area contributed by atoms with E-state index >= 15 is 0 Å². The highest BCUT2D eigenvalue weighted by Crippen LogP contribution is 2.31. The molecule has 1 aromatic carbocycles. The van der Waals surface area contributed by atoms with E-state index in [2.05, 4.69) is 48.9 Å². The van der Waals surface area contributed by atoms with E-state index in [0.29, 0.717) is 12.6 Å². The Morgan fingerprint density at radius 1 is 1.38 bits per heavy atom. The van der Waals surface area contributed by atoms with Crippen LogP contribution in [0.4, 0.5) is 5.69 Å². The van der Waals surface area contributed by atoms with Crippen LogP contribution in [0.15, 0.2) is 23.1 Å². The van der Waals surface area contributed by atoms with Gasteiger partial charge in [-0.15, -0.1) is 11.8 Å². The zero-order valence-corrected chi connectivity index (χ0v) is 14.5. The molecule has 1 heterocycles. The van der Waals surface area contributed by atoms with Crippen molar-refractivity contribution in [2.45, 2.75) is 44.2 Å². The zero-order chi connectivity index (χ0) is 15.2. The number of likely N-dealkylation sites (tertiary alicyclic amines) is 1. The van der Waals surface area contributed by atoms with Crippen molar-refractivity contribution in [2.24, 2.45) is 5.73 Å². The lowest BCUT2D eigenvalue weighted by molar-refractivity contribution is 0.270. The molecule has 21 heavy (non-hydrogen) atoms. The Hall–Kier alpha value is -0.710. The molecule has 1 saturated heterocycles. The van der Waals surface area contributed by atoms with Gasteiger partial charge >= 0.3 is 0 Å². The predicted molar refractivity (Wildman–Crippen MR) is 94.3 cm³/mol. The maximum Gasteiger partial charge on any atom is 0.0421 e. The first-order valence-corrected chi connectivity index (χ1v) is 9.09. The van der Waals surface area contributed by atoms with Crippen LogP contribution in [0, 0.1) is 0 Å². The van der Waals surface area contributed by atoms with Crippen molar-refractivity contribution >= 4 is 17.4 Å². The number of rotatable bonds is 7. The maximum absolute atomic E-state index is 6.03. The van der Waals surface area contributed by atoms with Crippen LogP contribution in [0.5, 0.6) is 0 Å². The molecule has 1 aliphatic rings.